The third-order valence-electron chi connectivity index (χ3n) is 4.82. The SMILES string of the molecule is CCSC(=O)C1=CN(C(=O)c2ccc(F)cc2)CCc2c1[nH]c1ccccc21. The van der Waals surface area contributed by atoms with Gasteiger partial charge in [0.1, 0.15) is 5.82 Å². The van der Waals surface area contributed by atoms with Crippen LogP contribution in [0, 0.1) is 5.82 Å². The van der Waals surface area contributed by atoms with Crippen LogP contribution in [0.4, 0.5) is 4.39 Å². The molecule has 4 rings (SSSR count). The zero-order valence-corrected chi connectivity index (χ0v) is 16.2. The standard InChI is InChI=1S/C22H19FN2O2S/c1-2-28-22(27)18-13-25(21(26)14-7-9-15(23)10-8-14)12-11-17-16-5-3-4-6-19(16)24-20(17)18/h3-10,13,24H,2,11-12H2,1H3. The molecule has 1 aliphatic rings. The van der Waals surface area contributed by atoms with Gasteiger partial charge in [-0.3, -0.25) is 9.59 Å². The van der Waals surface area contributed by atoms with E-state index in [4.69, 9.17) is 0 Å². The number of rotatable bonds is 3. The largest absolute Gasteiger partial charge is 0.354 e. The smallest absolute Gasteiger partial charge is 0.257 e. The highest BCUT2D eigenvalue weighted by Gasteiger charge is 2.26. The van der Waals surface area contributed by atoms with Gasteiger partial charge in [-0.1, -0.05) is 36.9 Å². The Labute approximate surface area is 166 Å². The molecule has 1 aliphatic heterocycles. The second kappa shape index (κ2) is 7.64. The summed E-state index contributed by atoms with van der Waals surface area (Å²) in [4.78, 5) is 30.7. The summed E-state index contributed by atoms with van der Waals surface area (Å²) in [7, 11) is 0. The molecule has 0 aliphatic carbocycles. The number of amides is 1. The number of hydrogen-bond donors (Lipinski definition) is 1. The predicted molar refractivity (Wildman–Crippen MR) is 111 cm³/mol. The van der Waals surface area contributed by atoms with Crippen molar-refractivity contribution in [2.24, 2.45) is 0 Å². The highest BCUT2D eigenvalue weighted by Crippen LogP contribution is 2.33. The number of nitrogens with zero attached hydrogens (tertiary/aromatic N) is 1. The summed E-state index contributed by atoms with van der Waals surface area (Å²) in [6.45, 7) is 2.37. The molecule has 4 nitrogen and oxygen atoms in total. The third-order valence-corrected chi connectivity index (χ3v) is 5.59. The molecule has 0 atom stereocenters. The molecule has 0 spiro atoms. The van der Waals surface area contributed by atoms with Crippen molar-refractivity contribution in [3.8, 4) is 0 Å². The van der Waals surface area contributed by atoms with Gasteiger partial charge >= 0.3 is 0 Å². The second-order valence-corrected chi connectivity index (χ2v) is 7.78. The number of hydrogen-bond acceptors (Lipinski definition) is 3. The van der Waals surface area contributed by atoms with Gasteiger partial charge in [0.15, 0.2) is 0 Å². The van der Waals surface area contributed by atoms with Crippen LogP contribution >= 0.6 is 11.8 Å². The Hall–Kier alpha value is -2.86. The molecule has 1 aromatic heterocycles. The molecule has 28 heavy (non-hydrogen) atoms. The number of carbonyl (C=O) groups is 2. The minimum atomic E-state index is -0.389. The van der Waals surface area contributed by atoms with Crippen LogP contribution in [0.15, 0.2) is 54.7 Å². The fourth-order valence-electron chi connectivity index (χ4n) is 3.49. The van der Waals surface area contributed by atoms with E-state index in [-0.39, 0.29) is 16.8 Å². The van der Waals surface area contributed by atoms with Gasteiger partial charge in [0.2, 0.25) is 5.12 Å². The maximum Gasteiger partial charge on any atom is 0.257 e. The molecule has 142 valence electrons. The van der Waals surface area contributed by atoms with Crippen LogP contribution in [0.5, 0.6) is 0 Å². The Morgan fingerprint density at radius 1 is 1.14 bits per heavy atom. The summed E-state index contributed by atoms with van der Waals surface area (Å²) in [5.41, 5.74) is 3.68. The molecule has 0 bridgehead atoms. The van der Waals surface area contributed by atoms with Gasteiger partial charge in [0, 0.05) is 29.2 Å². The highest BCUT2D eigenvalue weighted by molar-refractivity contribution is 8.14. The van der Waals surface area contributed by atoms with Crippen molar-refractivity contribution in [3.63, 3.8) is 0 Å². The van der Waals surface area contributed by atoms with E-state index in [1.807, 2.05) is 31.2 Å². The summed E-state index contributed by atoms with van der Waals surface area (Å²) < 4.78 is 13.2. The molecule has 0 unspecified atom stereocenters. The van der Waals surface area contributed by atoms with E-state index < -0.39 is 0 Å². The first-order chi connectivity index (χ1) is 13.6. The molecule has 1 N–H and O–H groups in total. The van der Waals surface area contributed by atoms with E-state index in [1.165, 1.54) is 36.0 Å². The zero-order chi connectivity index (χ0) is 19.7. The second-order valence-electron chi connectivity index (χ2n) is 6.54. The Bertz CT molecular complexity index is 1090. The van der Waals surface area contributed by atoms with Crippen molar-refractivity contribution < 1.29 is 14.0 Å². The average molecular weight is 394 g/mol. The van der Waals surface area contributed by atoms with Crippen molar-refractivity contribution in [1.29, 1.82) is 0 Å². The minimum absolute atomic E-state index is 0.0749. The Morgan fingerprint density at radius 3 is 2.64 bits per heavy atom. The Kier molecular flexibility index (Phi) is 5.05. The molecule has 0 radical (unpaired) electrons. The molecule has 2 aromatic carbocycles. The minimum Gasteiger partial charge on any atom is -0.354 e. The quantitative estimate of drug-likeness (QED) is 0.705. The van der Waals surface area contributed by atoms with Crippen LogP contribution in [-0.2, 0) is 11.2 Å². The number of fused-ring (bicyclic) bond motifs is 3. The molecule has 2 heterocycles. The van der Waals surface area contributed by atoms with E-state index in [0.29, 0.717) is 29.9 Å². The lowest BCUT2D eigenvalue weighted by atomic mass is 10.0. The first-order valence-corrected chi connectivity index (χ1v) is 10.1. The first-order valence-electron chi connectivity index (χ1n) is 9.14. The van der Waals surface area contributed by atoms with Crippen LogP contribution in [0.3, 0.4) is 0 Å². The van der Waals surface area contributed by atoms with Gasteiger partial charge in [-0.25, -0.2) is 4.39 Å². The molecule has 0 saturated heterocycles. The summed E-state index contributed by atoms with van der Waals surface area (Å²) in [6, 6.07) is 13.4. The molecule has 3 aromatic rings. The first kappa shape index (κ1) is 18.5. The Balaban J connectivity index is 1.79. The van der Waals surface area contributed by atoms with Crippen LogP contribution < -0.4 is 0 Å². The topological polar surface area (TPSA) is 53.2 Å². The molecule has 0 fully saturated rings. The summed E-state index contributed by atoms with van der Waals surface area (Å²) in [5, 5.41) is 0.989. The van der Waals surface area contributed by atoms with Gasteiger partial charge in [-0.15, -0.1) is 0 Å². The van der Waals surface area contributed by atoms with Gasteiger partial charge < -0.3 is 9.88 Å². The number of carbonyl (C=O) groups excluding carboxylic acids is 2. The van der Waals surface area contributed by atoms with Crippen molar-refractivity contribution >= 4 is 39.3 Å². The fraction of sp³-hybridized carbons (Fsp3) is 0.182. The lowest BCUT2D eigenvalue weighted by molar-refractivity contribution is -0.106. The van der Waals surface area contributed by atoms with Crippen LogP contribution in [0.25, 0.3) is 16.5 Å². The molecule has 1 amide bonds. The average Bonchev–Trinajstić information content (AvgIpc) is 2.96. The number of thioether (sulfide) groups is 1. The molecule has 6 heteroatoms. The summed E-state index contributed by atoms with van der Waals surface area (Å²) >= 11 is 1.22. The number of H-pyrrole nitrogens is 1. The predicted octanol–water partition coefficient (Wildman–Crippen LogP) is 4.63. The van der Waals surface area contributed by atoms with E-state index in [1.54, 1.807) is 11.1 Å². The Morgan fingerprint density at radius 2 is 1.89 bits per heavy atom. The van der Waals surface area contributed by atoms with Gasteiger partial charge in [-0.05, 0) is 48.1 Å². The summed E-state index contributed by atoms with van der Waals surface area (Å²) in [5.74, 6) is 0.0124. The molecule has 0 saturated carbocycles. The number of para-hydroxylation sites is 1. The van der Waals surface area contributed by atoms with E-state index in [0.717, 1.165) is 22.2 Å². The van der Waals surface area contributed by atoms with Gasteiger partial charge in [0.05, 0.1) is 11.3 Å². The fourth-order valence-corrected chi connectivity index (χ4v) is 4.06. The number of nitrogens with one attached hydrogen (secondary N) is 1. The summed E-state index contributed by atoms with van der Waals surface area (Å²) in [6.07, 6.45) is 2.26. The van der Waals surface area contributed by atoms with Crippen molar-refractivity contribution in [2.75, 3.05) is 12.3 Å². The molecular formula is C22H19FN2O2S. The highest BCUT2D eigenvalue weighted by atomic mass is 32.2. The zero-order valence-electron chi connectivity index (χ0n) is 15.4. The van der Waals surface area contributed by atoms with Gasteiger partial charge in [0.25, 0.3) is 5.91 Å². The van der Waals surface area contributed by atoms with Gasteiger partial charge in [-0.2, -0.15) is 0 Å². The number of benzene rings is 2. The number of aromatic nitrogens is 1. The van der Waals surface area contributed by atoms with Crippen molar-refractivity contribution in [2.45, 2.75) is 13.3 Å². The van der Waals surface area contributed by atoms with Crippen molar-refractivity contribution in [1.82, 2.24) is 9.88 Å². The van der Waals surface area contributed by atoms with E-state index in [2.05, 4.69) is 4.98 Å². The van der Waals surface area contributed by atoms with Crippen molar-refractivity contribution in [3.05, 3.63) is 77.4 Å². The normalized spacial score (nSPS) is 13.8. The van der Waals surface area contributed by atoms with E-state index >= 15 is 0 Å². The maximum absolute atomic E-state index is 13.2. The van der Waals surface area contributed by atoms with E-state index in [9.17, 15) is 14.0 Å². The lowest BCUT2D eigenvalue weighted by Gasteiger charge is -2.18. The van der Waals surface area contributed by atoms with Crippen LogP contribution in [0.1, 0.15) is 28.5 Å². The third kappa shape index (κ3) is 3.36. The number of halogens is 1. The monoisotopic (exact) mass is 394 g/mol. The lowest BCUT2D eigenvalue weighted by Crippen LogP contribution is -2.27. The van der Waals surface area contributed by atoms with Crippen LogP contribution in [0.2, 0.25) is 0 Å². The molecular weight excluding hydrogens is 375 g/mol. The maximum atomic E-state index is 13.2. The van der Waals surface area contributed by atoms with Crippen LogP contribution in [-0.4, -0.2) is 33.2 Å². The number of aromatic amines is 1.